The summed E-state index contributed by atoms with van der Waals surface area (Å²) >= 11 is 0. The number of benzene rings is 2. The van der Waals surface area contributed by atoms with Crippen LogP contribution in [-0.2, 0) is 4.79 Å². The van der Waals surface area contributed by atoms with Gasteiger partial charge in [0, 0.05) is 11.6 Å². The number of hydrogen-bond acceptors (Lipinski definition) is 4. The van der Waals surface area contributed by atoms with Crippen LogP contribution < -0.4 is 10.1 Å². The average Bonchev–Trinajstić information content (AvgIpc) is 2.66. The molecule has 2 aromatic carbocycles. The van der Waals surface area contributed by atoms with Crippen LogP contribution in [0.15, 0.2) is 54.6 Å². The first-order valence-corrected chi connectivity index (χ1v) is 8.45. The Bertz CT molecular complexity index is 1030. The van der Waals surface area contributed by atoms with Gasteiger partial charge in [-0.2, -0.15) is 9.97 Å². The van der Waals surface area contributed by atoms with E-state index >= 15 is 0 Å². The van der Waals surface area contributed by atoms with Crippen LogP contribution in [0.2, 0.25) is 0 Å². The molecule has 0 bridgehead atoms. The van der Waals surface area contributed by atoms with E-state index in [1.807, 2.05) is 0 Å². The lowest BCUT2D eigenvalue weighted by atomic mass is 10.2. The van der Waals surface area contributed by atoms with Gasteiger partial charge in [-0.15, -0.1) is 0 Å². The van der Waals surface area contributed by atoms with E-state index in [1.54, 1.807) is 44.2 Å². The van der Waals surface area contributed by atoms with Crippen molar-refractivity contribution in [3.05, 3.63) is 83.2 Å². The third-order valence-electron chi connectivity index (χ3n) is 3.86. The summed E-state index contributed by atoms with van der Waals surface area (Å²) < 4.78 is 32.7. The molecule has 3 rings (SSSR count). The minimum absolute atomic E-state index is 0.00547. The van der Waals surface area contributed by atoms with Crippen LogP contribution in [0.4, 0.5) is 14.5 Å². The number of rotatable bonds is 5. The maximum absolute atomic E-state index is 13.7. The number of ether oxygens (including phenoxy) is 1. The third kappa shape index (κ3) is 4.56. The Balaban J connectivity index is 1.75. The van der Waals surface area contributed by atoms with Crippen LogP contribution in [0.5, 0.6) is 11.8 Å². The molecule has 1 aromatic heterocycles. The zero-order valence-corrected chi connectivity index (χ0v) is 15.2. The van der Waals surface area contributed by atoms with Crippen LogP contribution >= 0.6 is 0 Å². The Morgan fingerprint density at radius 3 is 2.21 bits per heavy atom. The van der Waals surface area contributed by atoms with Crippen LogP contribution in [0.1, 0.15) is 17.0 Å². The van der Waals surface area contributed by atoms with E-state index in [1.165, 1.54) is 30.4 Å². The fourth-order valence-electron chi connectivity index (χ4n) is 2.48. The molecular formula is C21H17F2N3O2. The molecule has 0 aliphatic heterocycles. The van der Waals surface area contributed by atoms with Crippen molar-refractivity contribution >= 4 is 17.7 Å². The largest absolute Gasteiger partial charge is 0.421 e. The van der Waals surface area contributed by atoms with Gasteiger partial charge in [0.1, 0.15) is 5.82 Å². The van der Waals surface area contributed by atoms with Crippen molar-refractivity contribution in [2.45, 2.75) is 13.8 Å². The number of carbonyl (C=O) groups is 1. The highest BCUT2D eigenvalue weighted by atomic mass is 19.1. The Kier molecular flexibility index (Phi) is 5.74. The second kappa shape index (κ2) is 8.39. The molecule has 0 fully saturated rings. The third-order valence-corrected chi connectivity index (χ3v) is 3.86. The first kappa shape index (κ1) is 19.2. The smallest absolute Gasteiger partial charge is 0.322 e. The Hall–Kier alpha value is -3.61. The van der Waals surface area contributed by atoms with Gasteiger partial charge in [-0.3, -0.25) is 4.79 Å². The molecule has 28 heavy (non-hydrogen) atoms. The summed E-state index contributed by atoms with van der Waals surface area (Å²) in [4.78, 5) is 20.5. The highest BCUT2D eigenvalue weighted by molar-refractivity contribution is 6.02. The zero-order chi connectivity index (χ0) is 20.1. The number of hydrogen-bond donors (Lipinski definition) is 1. The van der Waals surface area contributed by atoms with Gasteiger partial charge in [0.2, 0.25) is 5.91 Å². The maximum Gasteiger partial charge on any atom is 0.322 e. The first-order valence-electron chi connectivity index (χ1n) is 8.45. The van der Waals surface area contributed by atoms with E-state index in [2.05, 4.69) is 15.3 Å². The van der Waals surface area contributed by atoms with E-state index in [-0.39, 0.29) is 11.8 Å². The summed E-state index contributed by atoms with van der Waals surface area (Å²) in [6.45, 7) is 3.33. The molecule has 0 radical (unpaired) electrons. The van der Waals surface area contributed by atoms with Gasteiger partial charge >= 0.3 is 6.01 Å². The molecule has 142 valence electrons. The quantitative estimate of drug-likeness (QED) is 0.644. The molecule has 0 aliphatic carbocycles. The predicted octanol–water partition coefficient (Wildman–Crippen LogP) is 4.82. The van der Waals surface area contributed by atoms with Crippen molar-refractivity contribution in [3.8, 4) is 11.8 Å². The highest BCUT2D eigenvalue weighted by Gasteiger charge is 2.13. The molecule has 0 atom stereocenters. The second-order valence-electron chi connectivity index (χ2n) is 5.93. The number of para-hydroxylation sites is 1. The van der Waals surface area contributed by atoms with Crippen molar-refractivity contribution in [1.29, 1.82) is 0 Å². The number of aryl methyl sites for hydroxylation is 2. The number of nitrogens with one attached hydrogen (secondary N) is 1. The van der Waals surface area contributed by atoms with Crippen LogP contribution in [0.25, 0.3) is 6.08 Å². The molecule has 0 spiro atoms. The average molecular weight is 381 g/mol. The summed E-state index contributed by atoms with van der Waals surface area (Å²) in [5.74, 6) is -1.40. The number of anilines is 1. The number of amides is 1. The van der Waals surface area contributed by atoms with Crippen molar-refractivity contribution in [2.75, 3.05) is 5.32 Å². The van der Waals surface area contributed by atoms with Crippen molar-refractivity contribution < 1.29 is 18.3 Å². The standard InChI is InChI=1S/C21H17F2N3O2/c1-13-20(26-19(27)12-11-15-7-3-4-8-16(15)22)14(2)25-21(24-13)28-18-10-6-5-9-17(18)23/h3-12H,1-2H3,(H,26,27)/b12-11+. The zero-order valence-electron chi connectivity index (χ0n) is 15.2. The van der Waals surface area contributed by atoms with Crippen LogP contribution in [0.3, 0.4) is 0 Å². The minimum Gasteiger partial charge on any atom is -0.421 e. The van der Waals surface area contributed by atoms with Gasteiger partial charge in [0.05, 0.1) is 17.1 Å². The maximum atomic E-state index is 13.7. The molecule has 0 aliphatic rings. The monoisotopic (exact) mass is 381 g/mol. The Labute approximate surface area is 160 Å². The number of carbonyl (C=O) groups excluding carboxylic acids is 1. The molecule has 1 heterocycles. The Morgan fingerprint density at radius 1 is 0.964 bits per heavy atom. The molecule has 0 unspecified atom stereocenters. The SMILES string of the molecule is Cc1nc(Oc2ccccc2F)nc(C)c1NC(=O)/C=C/c1ccccc1F. The van der Waals surface area contributed by atoms with E-state index in [0.717, 1.165) is 0 Å². The molecule has 5 nitrogen and oxygen atoms in total. The van der Waals surface area contributed by atoms with Crippen molar-refractivity contribution in [2.24, 2.45) is 0 Å². The van der Waals surface area contributed by atoms with Crippen molar-refractivity contribution in [3.63, 3.8) is 0 Å². The fraction of sp³-hybridized carbons (Fsp3) is 0.0952. The summed E-state index contributed by atoms with van der Waals surface area (Å²) in [7, 11) is 0. The molecule has 1 N–H and O–H groups in total. The summed E-state index contributed by atoms with van der Waals surface area (Å²) in [5.41, 5.74) is 1.61. The normalized spacial score (nSPS) is 10.9. The molecule has 1 amide bonds. The van der Waals surface area contributed by atoms with Gasteiger partial charge in [-0.05, 0) is 38.1 Å². The summed E-state index contributed by atoms with van der Waals surface area (Å²) in [5, 5.41) is 2.67. The predicted molar refractivity (Wildman–Crippen MR) is 102 cm³/mol. The van der Waals surface area contributed by atoms with Gasteiger partial charge < -0.3 is 10.1 Å². The van der Waals surface area contributed by atoms with E-state index < -0.39 is 17.5 Å². The Morgan fingerprint density at radius 2 is 1.57 bits per heavy atom. The van der Waals surface area contributed by atoms with Gasteiger partial charge in [0.15, 0.2) is 11.6 Å². The minimum atomic E-state index is -0.530. The topological polar surface area (TPSA) is 64.1 Å². The molecule has 0 saturated carbocycles. The number of aromatic nitrogens is 2. The lowest BCUT2D eigenvalue weighted by Gasteiger charge is -2.11. The fourth-order valence-corrected chi connectivity index (χ4v) is 2.48. The van der Waals surface area contributed by atoms with Gasteiger partial charge in [0.25, 0.3) is 0 Å². The first-order chi connectivity index (χ1) is 13.4. The number of halogens is 2. The van der Waals surface area contributed by atoms with E-state index in [0.29, 0.717) is 22.6 Å². The van der Waals surface area contributed by atoms with Crippen LogP contribution in [-0.4, -0.2) is 15.9 Å². The highest BCUT2D eigenvalue weighted by Crippen LogP contribution is 2.25. The van der Waals surface area contributed by atoms with Crippen molar-refractivity contribution in [1.82, 2.24) is 9.97 Å². The van der Waals surface area contributed by atoms with E-state index in [4.69, 9.17) is 4.74 Å². The van der Waals surface area contributed by atoms with Gasteiger partial charge in [-0.25, -0.2) is 8.78 Å². The second-order valence-corrected chi connectivity index (χ2v) is 5.93. The summed E-state index contributed by atoms with van der Waals surface area (Å²) in [6, 6.07) is 12.0. The molecular weight excluding hydrogens is 364 g/mol. The lowest BCUT2D eigenvalue weighted by molar-refractivity contribution is -0.111. The van der Waals surface area contributed by atoms with Gasteiger partial charge in [-0.1, -0.05) is 30.3 Å². The molecule has 0 saturated heterocycles. The number of nitrogens with zero attached hydrogens (tertiary/aromatic N) is 2. The summed E-state index contributed by atoms with van der Waals surface area (Å²) in [6.07, 6.45) is 2.60. The lowest BCUT2D eigenvalue weighted by Crippen LogP contribution is -2.12. The van der Waals surface area contributed by atoms with Crippen LogP contribution in [0, 0.1) is 25.5 Å². The molecule has 3 aromatic rings. The van der Waals surface area contributed by atoms with E-state index in [9.17, 15) is 13.6 Å². The molecule has 7 heteroatoms.